The highest BCUT2D eigenvalue weighted by Gasteiger charge is 2.24. The second kappa shape index (κ2) is 10.3. The summed E-state index contributed by atoms with van der Waals surface area (Å²) in [5.74, 6) is -1.20. The molecule has 0 radical (unpaired) electrons. The van der Waals surface area contributed by atoms with Crippen molar-refractivity contribution in [2.45, 2.75) is 19.9 Å². The van der Waals surface area contributed by atoms with Crippen molar-refractivity contribution >= 4 is 17.6 Å². The van der Waals surface area contributed by atoms with Gasteiger partial charge in [-0.15, -0.1) is 0 Å². The molecule has 0 saturated carbocycles. The van der Waals surface area contributed by atoms with Crippen LogP contribution in [-0.4, -0.2) is 45.1 Å². The third-order valence-corrected chi connectivity index (χ3v) is 4.93. The van der Waals surface area contributed by atoms with Gasteiger partial charge in [-0.3, -0.25) is 24.5 Å². The molecule has 0 unspecified atom stereocenters. The summed E-state index contributed by atoms with van der Waals surface area (Å²) in [6.45, 7) is 1.70. The first-order chi connectivity index (χ1) is 15.8. The summed E-state index contributed by atoms with van der Waals surface area (Å²) in [4.78, 5) is 49.9. The summed E-state index contributed by atoms with van der Waals surface area (Å²) in [6.07, 6.45) is -0.0702. The van der Waals surface area contributed by atoms with Crippen molar-refractivity contribution in [1.29, 1.82) is 0 Å². The number of nitrogens with zero attached hydrogens (tertiary/aromatic N) is 4. The summed E-state index contributed by atoms with van der Waals surface area (Å²) in [7, 11) is 1.25. The molecule has 1 amide bonds. The maximum Gasteiger partial charge on any atom is 0.307 e. The molecule has 0 N–H and O–H groups in total. The highest BCUT2D eigenvalue weighted by atomic mass is 16.6. The molecule has 0 aliphatic heterocycles. The number of nitro benzene ring substituents is 1. The van der Waals surface area contributed by atoms with Crippen molar-refractivity contribution in [3.63, 3.8) is 0 Å². The number of amides is 1. The lowest BCUT2D eigenvalue weighted by Gasteiger charge is -2.22. The number of hydrogen-bond acceptors (Lipinski definition) is 7. The summed E-state index contributed by atoms with van der Waals surface area (Å²) in [5, 5.41) is 15.7. The van der Waals surface area contributed by atoms with Gasteiger partial charge in [-0.1, -0.05) is 42.5 Å². The molecule has 2 aromatic carbocycles. The maximum atomic E-state index is 13.3. The Labute approximate surface area is 189 Å². The number of carbonyl (C=O) groups excluding carboxylic acids is 2. The number of para-hydroxylation sites is 2. The Morgan fingerprint density at radius 1 is 1.12 bits per heavy atom. The second-order valence-corrected chi connectivity index (χ2v) is 7.19. The Morgan fingerprint density at radius 3 is 2.45 bits per heavy atom. The van der Waals surface area contributed by atoms with Crippen molar-refractivity contribution in [3.8, 4) is 5.69 Å². The van der Waals surface area contributed by atoms with Gasteiger partial charge in [-0.2, -0.15) is 5.10 Å². The number of aromatic nitrogens is 2. The van der Waals surface area contributed by atoms with Gasteiger partial charge < -0.3 is 9.64 Å². The van der Waals surface area contributed by atoms with E-state index in [-0.39, 0.29) is 30.9 Å². The average Bonchev–Trinajstić information content (AvgIpc) is 2.81. The average molecular weight is 450 g/mol. The first kappa shape index (κ1) is 23.3. The Bertz CT molecular complexity index is 1240. The van der Waals surface area contributed by atoms with Crippen LogP contribution in [-0.2, 0) is 16.1 Å². The van der Waals surface area contributed by atoms with E-state index < -0.39 is 27.9 Å². The Morgan fingerprint density at radius 2 is 1.79 bits per heavy atom. The van der Waals surface area contributed by atoms with E-state index in [0.29, 0.717) is 5.69 Å². The standard InChI is InChI=1S/C23H22N4O6/c1-16-14-20(28)22(24-26(16)18-10-6-7-11-19(18)27(31)32)23(30)25(13-12-21(29)33-2)15-17-8-4-3-5-9-17/h3-11,14H,12-13,15H2,1-2H3. The van der Waals surface area contributed by atoms with Crippen LogP contribution < -0.4 is 5.43 Å². The normalized spacial score (nSPS) is 10.5. The van der Waals surface area contributed by atoms with E-state index in [1.54, 1.807) is 13.0 Å². The smallest absolute Gasteiger partial charge is 0.307 e. The fourth-order valence-corrected chi connectivity index (χ4v) is 3.27. The van der Waals surface area contributed by atoms with E-state index in [4.69, 9.17) is 0 Å². The summed E-state index contributed by atoms with van der Waals surface area (Å²) >= 11 is 0. The summed E-state index contributed by atoms with van der Waals surface area (Å²) in [5.41, 5.74) is 0.0000771. The zero-order valence-electron chi connectivity index (χ0n) is 18.1. The molecule has 33 heavy (non-hydrogen) atoms. The number of hydrogen-bond donors (Lipinski definition) is 0. The third-order valence-electron chi connectivity index (χ3n) is 4.93. The van der Waals surface area contributed by atoms with Gasteiger partial charge in [0.15, 0.2) is 5.69 Å². The molecule has 0 bridgehead atoms. The maximum absolute atomic E-state index is 13.3. The van der Waals surface area contributed by atoms with E-state index in [0.717, 1.165) is 5.56 Å². The lowest BCUT2D eigenvalue weighted by atomic mass is 10.2. The number of nitro groups is 1. The predicted octanol–water partition coefficient (Wildman–Crippen LogP) is 2.65. The fraction of sp³-hybridized carbons (Fsp3) is 0.217. The first-order valence-electron chi connectivity index (χ1n) is 10.1. The third kappa shape index (κ3) is 5.48. The van der Waals surface area contributed by atoms with Crippen LogP contribution in [0.4, 0.5) is 5.69 Å². The van der Waals surface area contributed by atoms with E-state index in [1.807, 2.05) is 30.3 Å². The van der Waals surface area contributed by atoms with Crippen LogP contribution in [0.25, 0.3) is 5.69 Å². The minimum Gasteiger partial charge on any atom is -0.469 e. The Hall–Kier alpha value is -4.34. The summed E-state index contributed by atoms with van der Waals surface area (Å²) in [6, 6.07) is 16.2. The molecular weight excluding hydrogens is 428 g/mol. The molecular formula is C23H22N4O6. The predicted molar refractivity (Wildman–Crippen MR) is 119 cm³/mol. The van der Waals surface area contributed by atoms with Crippen LogP contribution in [0.2, 0.25) is 0 Å². The minimum atomic E-state index is -0.694. The van der Waals surface area contributed by atoms with Crippen LogP contribution in [0, 0.1) is 17.0 Å². The fourth-order valence-electron chi connectivity index (χ4n) is 3.27. The van der Waals surface area contributed by atoms with Gasteiger partial charge in [-0.25, -0.2) is 4.68 Å². The van der Waals surface area contributed by atoms with Gasteiger partial charge in [0.2, 0.25) is 5.43 Å². The van der Waals surface area contributed by atoms with E-state index in [9.17, 15) is 24.5 Å². The first-order valence-corrected chi connectivity index (χ1v) is 10.1. The quantitative estimate of drug-likeness (QED) is 0.293. The van der Waals surface area contributed by atoms with Crippen LogP contribution >= 0.6 is 0 Å². The highest BCUT2D eigenvalue weighted by molar-refractivity contribution is 5.92. The molecule has 10 nitrogen and oxygen atoms in total. The van der Waals surface area contributed by atoms with Crippen molar-refractivity contribution in [1.82, 2.24) is 14.7 Å². The van der Waals surface area contributed by atoms with Gasteiger partial charge in [0.05, 0.1) is 18.5 Å². The Kier molecular flexibility index (Phi) is 7.29. The van der Waals surface area contributed by atoms with Crippen molar-refractivity contribution < 1.29 is 19.2 Å². The topological polar surface area (TPSA) is 125 Å². The number of benzene rings is 2. The molecule has 0 aliphatic carbocycles. The van der Waals surface area contributed by atoms with Gasteiger partial charge in [0, 0.05) is 30.9 Å². The number of rotatable bonds is 8. The molecule has 0 saturated heterocycles. The number of aryl methyl sites for hydroxylation is 1. The molecule has 1 heterocycles. The molecule has 3 aromatic rings. The van der Waals surface area contributed by atoms with Crippen LogP contribution in [0.1, 0.15) is 28.2 Å². The Balaban J connectivity index is 2.04. The highest BCUT2D eigenvalue weighted by Crippen LogP contribution is 2.22. The van der Waals surface area contributed by atoms with Gasteiger partial charge >= 0.3 is 5.97 Å². The van der Waals surface area contributed by atoms with Gasteiger partial charge in [0.25, 0.3) is 11.6 Å². The monoisotopic (exact) mass is 450 g/mol. The summed E-state index contributed by atoms with van der Waals surface area (Å²) < 4.78 is 5.87. The van der Waals surface area contributed by atoms with E-state index >= 15 is 0 Å². The molecule has 3 rings (SSSR count). The lowest BCUT2D eigenvalue weighted by molar-refractivity contribution is -0.384. The number of carbonyl (C=O) groups is 2. The van der Waals surface area contributed by atoms with E-state index in [2.05, 4.69) is 9.84 Å². The van der Waals surface area contributed by atoms with Crippen LogP contribution in [0.3, 0.4) is 0 Å². The molecule has 0 fully saturated rings. The zero-order chi connectivity index (χ0) is 24.0. The SMILES string of the molecule is COC(=O)CCN(Cc1ccccc1)C(=O)c1nn(-c2ccccc2[N+](=O)[O-])c(C)cc1=O. The second-order valence-electron chi connectivity index (χ2n) is 7.19. The van der Waals surface area contributed by atoms with Crippen molar-refractivity contribution in [2.24, 2.45) is 0 Å². The molecule has 0 atom stereocenters. The molecule has 10 heteroatoms. The van der Waals surface area contributed by atoms with Crippen molar-refractivity contribution in [3.05, 3.63) is 98.0 Å². The largest absolute Gasteiger partial charge is 0.469 e. The van der Waals surface area contributed by atoms with Gasteiger partial charge in [0.1, 0.15) is 5.69 Å². The van der Waals surface area contributed by atoms with Gasteiger partial charge in [-0.05, 0) is 18.6 Å². The lowest BCUT2D eigenvalue weighted by Crippen LogP contribution is -2.37. The molecule has 170 valence electrons. The van der Waals surface area contributed by atoms with Crippen LogP contribution in [0.5, 0.6) is 0 Å². The van der Waals surface area contributed by atoms with E-state index in [1.165, 1.54) is 41.0 Å². The zero-order valence-corrected chi connectivity index (χ0v) is 18.1. The molecule has 1 aromatic heterocycles. The molecule has 0 aliphatic rings. The van der Waals surface area contributed by atoms with Crippen LogP contribution in [0.15, 0.2) is 65.5 Å². The minimum absolute atomic E-state index is 0.000875. The number of ether oxygens (including phenoxy) is 1. The number of esters is 1. The number of methoxy groups -OCH3 is 1. The molecule has 0 spiro atoms. The van der Waals surface area contributed by atoms with Crippen molar-refractivity contribution in [2.75, 3.05) is 13.7 Å².